The zero-order valence-electron chi connectivity index (χ0n) is 8.91. The van der Waals surface area contributed by atoms with E-state index in [0.29, 0.717) is 5.82 Å². The molecule has 0 atom stereocenters. The summed E-state index contributed by atoms with van der Waals surface area (Å²) in [4.78, 5) is 8.98. The van der Waals surface area contributed by atoms with Gasteiger partial charge in [-0.25, -0.2) is 27.5 Å². The lowest BCUT2D eigenvalue weighted by molar-refractivity contribution is -0.0221. The molecule has 3 nitrogen and oxygen atoms in total. The summed E-state index contributed by atoms with van der Waals surface area (Å²) in [6.45, 7) is 0.325. The highest BCUT2D eigenvalue weighted by atomic mass is 19.3. The monoisotopic (exact) mass is 249 g/mol. The van der Waals surface area contributed by atoms with Crippen LogP contribution in [0.1, 0.15) is 25.0 Å². The van der Waals surface area contributed by atoms with E-state index < -0.39 is 18.0 Å². The van der Waals surface area contributed by atoms with E-state index in [9.17, 15) is 17.6 Å². The Labute approximate surface area is 95.5 Å². The first-order valence-corrected chi connectivity index (χ1v) is 5.21. The second-order valence-electron chi connectivity index (χ2n) is 3.94. The Bertz CT molecular complexity index is 370. The summed E-state index contributed by atoms with van der Waals surface area (Å²) in [6, 6.07) is 0. The Morgan fingerprint density at radius 1 is 1.12 bits per heavy atom. The maximum absolute atomic E-state index is 12.9. The molecule has 1 aliphatic heterocycles. The molecule has 17 heavy (non-hydrogen) atoms. The minimum absolute atomic E-state index is 0.162. The van der Waals surface area contributed by atoms with Gasteiger partial charge in [-0.3, -0.25) is 0 Å². The van der Waals surface area contributed by atoms with Crippen molar-refractivity contribution in [3.63, 3.8) is 0 Å². The summed E-state index contributed by atoms with van der Waals surface area (Å²) >= 11 is 0. The van der Waals surface area contributed by atoms with Crippen LogP contribution in [0.15, 0.2) is 12.4 Å². The van der Waals surface area contributed by atoms with Crippen LogP contribution in [0.3, 0.4) is 0 Å². The molecule has 0 unspecified atom stereocenters. The average Bonchev–Trinajstić information content (AvgIpc) is 2.29. The highest BCUT2D eigenvalue weighted by Crippen LogP contribution is 2.29. The predicted molar refractivity (Wildman–Crippen MR) is 53.4 cm³/mol. The van der Waals surface area contributed by atoms with Crippen LogP contribution in [-0.2, 0) is 0 Å². The molecule has 1 saturated heterocycles. The van der Waals surface area contributed by atoms with Crippen molar-refractivity contribution in [2.45, 2.75) is 25.2 Å². The van der Waals surface area contributed by atoms with E-state index in [-0.39, 0.29) is 25.9 Å². The molecule has 2 rings (SSSR count). The number of piperidine rings is 1. The van der Waals surface area contributed by atoms with Crippen LogP contribution < -0.4 is 4.90 Å². The fraction of sp³-hybridized carbons (Fsp3) is 0.600. The molecule has 0 amide bonds. The number of aromatic nitrogens is 2. The van der Waals surface area contributed by atoms with Crippen molar-refractivity contribution in [3.05, 3.63) is 18.1 Å². The molecule has 94 valence electrons. The van der Waals surface area contributed by atoms with Gasteiger partial charge in [0.1, 0.15) is 11.5 Å². The molecule has 1 aliphatic rings. The van der Waals surface area contributed by atoms with Crippen molar-refractivity contribution in [3.8, 4) is 0 Å². The minimum atomic E-state index is -2.66. The van der Waals surface area contributed by atoms with Crippen LogP contribution in [0.25, 0.3) is 0 Å². The van der Waals surface area contributed by atoms with Crippen molar-refractivity contribution in [1.29, 1.82) is 0 Å². The van der Waals surface area contributed by atoms with Gasteiger partial charge in [0.15, 0.2) is 0 Å². The molecular weight excluding hydrogens is 238 g/mol. The number of hydrogen-bond acceptors (Lipinski definition) is 3. The van der Waals surface area contributed by atoms with Gasteiger partial charge < -0.3 is 4.90 Å². The second-order valence-corrected chi connectivity index (χ2v) is 3.94. The Kier molecular flexibility index (Phi) is 3.17. The molecule has 2 heterocycles. The first kappa shape index (κ1) is 12.1. The summed E-state index contributed by atoms with van der Waals surface area (Å²) in [5.41, 5.74) is -0.406. The van der Waals surface area contributed by atoms with E-state index in [1.807, 2.05) is 0 Å². The normalized spacial score (nSPS) is 19.7. The van der Waals surface area contributed by atoms with Crippen LogP contribution in [0, 0.1) is 0 Å². The predicted octanol–water partition coefficient (Wildman–Crippen LogP) is 2.65. The molecule has 0 radical (unpaired) electrons. The molecule has 0 N–H and O–H groups in total. The smallest absolute Gasteiger partial charge is 0.281 e. The van der Waals surface area contributed by atoms with E-state index in [2.05, 4.69) is 9.97 Å². The third kappa shape index (κ3) is 2.83. The van der Waals surface area contributed by atoms with E-state index in [4.69, 9.17) is 0 Å². The maximum atomic E-state index is 12.9. The van der Waals surface area contributed by atoms with Crippen LogP contribution >= 0.6 is 0 Å². The van der Waals surface area contributed by atoms with Gasteiger partial charge in [-0.2, -0.15) is 0 Å². The molecule has 1 aromatic heterocycles. The topological polar surface area (TPSA) is 29.0 Å². The van der Waals surface area contributed by atoms with Crippen molar-refractivity contribution >= 4 is 5.82 Å². The van der Waals surface area contributed by atoms with Gasteiger partial charge in [-0.15, -0.1) is 0 Å². The minimum Gasteiger partial charge on any atom is -0.355 e. The van der Waals surface area contributed by atoms with Gasteiger partial charge in [-0.1, -0.05) is 0 Å². The molecule has 0 bridgehead atoms. The third-order valence-corrected chi connectivity index (χ3v) is 2.70. The van der Waals surface area contributed by atoms with Gasteiger partial charge in [0, 0.05) is 25.9 Å². The van der Waals surface area contributed by atoms with Crippen LogP contribution in [0.2, 0.25) is 0 Å². The molecule has 0 spiro atoms. The Hall–Kier alpha value is -1.40. The van der Waals surface area contributed by atoms with Gasteiger partial charge in [0.2, 0.25) is 0 Å². The Morgan fingerprint density at radius 3 is 2.24 bits per heavy atom. The zero-order valence-corrected chi connectivity index (χ0v) is 8.91. The summed E-state index contributed by atoms with van der Waals surface area (Å²) in [5.74, 6) is -2.27. The number of anilines is 1. The number of hydrogen-bond donors (Lipinski definition) is 0. The summed E-state index contributed by atoms with van der Waals surface area (Å²) in [7, 11) is 0. The van der Waals surface area contributed by atoms with E-state index >= 15 is 0 Å². The molecule has 0 saturated carbocycles. The lowest BCUT2D eigenvalue weighted by Crippen LogP contribution is -2.39. The van der Waals surface area contributed by atoms with Crippen molar-refractivity contribution < 1.29 is 17.6 Å². The van der Waals surface area contributed by atoms with Crippen molar-refractivity contribution in [2.24, 2.45) is 0 Å². The largest absolute Gasteiger partial charge is 0.355 e. The Morgan fingerprint density at radius 2 is 1.76 bits per heavy atom. The summed E-state index contributed by atoms with van der Waals surface area (Å²) in [5, 5.41) is 0. The van der Waals surface area contributed by atoms with E-state index in [1.165, 1.54) is 6.20 Å². The highest BCUT2D eigenvalue weighted by molar-refractivity contribution is 5.36. The fourth-order valence-corrected chi connectivity index (χ4v) is 1.67. The molecule has 0 aliphatic carbocycles. The van der Waals surface area contributed by atoms with Gasteiger partial charge >= 0.3 is 0 Å². The zero-order chi connectivity index (χ0) is 12.5. The number of rotatable bonds is 2. The molecule has 1 fully saturated rings. The van der Waals surface area contributed by atoms with Gasteiger partial charge in [0.25, 0.3) is 12.3 Å². The number of halogens is 4. The van der Waals surface area contributed by atoms with E-state index in [1.54, 1.807) is 4.90 Å². The van der Waals surface area contributed by atoms with Gasteiger partial charge in [-0.05, 0) is 0 Å². The summed E-state index contributed by atoms with van der Waals surface area (Å²) < 4.78 is 50.3. The maximum Gasteiger partial charge on any atom is 0.281 e. The molecule has 7 heteroatoms. The van der Waals surface area contributed by atoms with Crippen molar-refractivity contribution in [2.75, 3.05) is 18.0 Å². The fourth-order valence-electron chi connectivity index (χ4n) is 1.67. The quantitative estimate of drug-likeness (QED) is 0.754. The van der Waals surface area contributed by atoms with Crippen LogP contribution in [-0.4, -0.2) is 29.0 Å². The molecular formula is C10H11F4N3. The first-order valence-electron chi connectivity index (χ1n) is 5.21. The van der Waals surface area contributed by atoms with E-state index in [0.717, 1.165) is 6.20 Å². The average molecular weight is 249 g/mol. The standard InChI is InChI=1S/C10H11F4N3/c11-9(12)7-5-16-8(6-15-7)17-3-1-10(13,14)2-4-17/h5-6,9H,1-4H2. The lowest BCUT2D eigenvalue weighted by Gasteiger charge is -2.32. The van der Waals surface area contributed by atoms with Crippen molar-refractivity contribution in [1.82, 2.24) is 9.97 Å². The first-order chi connectivity index (χ1) is 7.98. The van der Waals surface area contributed by atoms with Gasteiger partial charge in [0.05, 0.1) is 12.4 Å². The molecule has 1 aromatic rings. The summed E-state index contributed by atoms with van der Waals surface area (Å²) in [6.07, 6.45) is -0.976. The van der Waals surface area contributed by atoms with Crippen LogP contribution in [0.5, 0.6) is 0 Å². The highest BCUT2D eigenvalue weighted by Gasteiger charge is 2.34. The lowest BCUT2D eigenvalue weighted by atomic mass is 10.1. The number of alkyl halides is 4. The Balaban J connectivity index is 2.04. The number of nitrogens with zero attached hydrogens (tertiary/aromatic N) is 3. The second kappa shape index (κ2) is 4.46. The third-order valence-electron chi connectivity index (χ3n) is 2.70. The SMILES string of the molecule is FC(F)c1cnc(N2CCC(F)(F)CC2)cn1. The molecule has 0 aromatic carbocycles. The van der Waals surface area contributed by atoms with Crippen LogP contribution in [0.4, 0.5) is 23.4 Å².